The Balaban J connectivity index is 1.12. The van der Waals surface area contributed by atoms with Crippen molar-refractivity contribution in [1.82, 2.24) is 25.1 Å². The molecule has 2 saturated carbocycles. The zero-order valence-corrected chi connectivity index (χ0v) is 23.4. The average molecular weight is 531 g/mol. The number of Topliss-reactive ketones (excluding diaryl/α,β-unsaturated/α-hetero) is 1. The van der Waals surface area contributed by atoms with Gasteiger partial charge in [0.15, 0.2) is 5.78 Å². The number of hydrogen-bond donors (Lipinski definition) is 2. The number of anilines is 1. The maximum absolute atomic E-state index is 12.5. The van der Waals surface area contributed by atoms with Crippen LogP contribution in [0.2, 0.25) is 0 Å². The molecule has 39 heavy (non-hydrogen) atoms. The number of ketones is 1. The molecule has 1 aliphatic heterocycles. The minimum absolute atomic E-state index is 0.144. The lowest BCUT2D eigenvalue weighted by atomic mass is 9.89. The molecule has 0 atom stereocenters. The van der Waals surface area contributed by atoms with Gasteiger partial charge in [-0.1, -0.05) is 18.2 Å². The molecule has 3 aliphatic rings. The van der Waals surface area contributed by atoms with Gasteiger partial charge in [-0.15, -0.1) is 0 Å². The largest absolute Gasteiger partial charge is 0.366 e. The fourth-order valence-corrected chi connectivity index (χ4v) is 5.83. The number of hydrogen-bond acceptors (Lipinski definition) is 7. The number of carbonyl (C=O) groups excluding carboxylic acids is 2. The number of piperazine rings is 1. The molecule has 0 bridgehead atoms. The molecule has 1 aromatic carbocycles. The highest BCUT2D eigenvalue weighted by molar-refractivity contribution is 6.18. The average Bonchev–Trinajstić information content (AvgIpc) is 3.77. The maximum Gasteiger partial charge on any atom is 0.255 e. The first-order valence-corrected chi connectivity index (χ1v) is 14.6. The maximum atomic E-state index is 12.5. The highest BCUT2D eigenvalue weighted by Gasteiger charge is 2.30. The Bertz CT molecular complexity index is 1220. The van der Waals surface area contributed by atoms with Crippen molar-refractivity contribution in [3.63, 3.8) is 0 Å². The summed E-state index contributed by atoms with van der Waals surface area (Å²) in [6.45, 7) is 9.78. The molecule has 208 valence electrons. The first-order chi connectivity index (χ1) is 19.0. The smallest absolute Gasteiger partial charge is 0.255 e. The standard InChI is InChI=1S/C31H42N6O2/c1-3-4-5-27(22(2)38)31(39)33-19-24-8-13-28-29(18-24)35-30(20-32-28)34-25-9-11-26(12-10-25)37-16-14-36(15-17-37)21-23-6-7-23/h3-5,8,13,18,20,23,25-26H,6-7,9-12,14-17,19,21H2,1-2H3,(H,33,39)(H,34,35)/b4-3-,27-5+. The van der Waals surface area contributed by atoms with Gasteiger partial charge in [0.25, 0.3) is 5.91 Å². The molecular formula is C31H42N6O2. The van der Waals surface area contributed by atoms with Gasteiger partial charge in [0, 0.05) is 51.4 Å². The third kappa shape index (κ3) is 7.51. The predicted octanol–water partition coefficient (Wildman–Crippen LogP) is 4.09. The van der Waals surface area contributed by atoms with E-state index in [0.717, 1.165) is 41.2 Å². The topological polar surface area (TPSA) is 90.5 Å². The molecule has 1 saturated heterocycles. The third-order valence-corrected chi connectivity index (χ3v) is 8.32. The fourth-order valence-electron chi connectivity index (χ4n) is 5.83. The Morgan fingerprint density at radius 1 is 1.03 bits per heavy atom. The summed E-state index contributed by atoms with van der Waals surface area (Å²) < 4.78 is 0. The summed E-state index contributed by atoms with van der Waals surface area (Å²) in [7, 11) is 0. The number of benzene rings is 1. The predicted molar refractivity (Wildman–Crippen MR) is 155 cm³/mol. The first-order valence-electron chi connectivity index (χ1n) is 14.6. The van der Waals surface area contributed by atoms with Crippen LogP contribution in [0.1, 0.15) is 57.9 Å². The van der Waals surface area contributed by atoms with Gasteiger partial charge in [0.1, 0.15) is 5.82 Å². The molecule has 1 amide bonds. The van der Waals surface area contributed by atoms with Gasteiger partial charge >= 0.3 is 0 Å². The first kappa shape index (κ1) is 27.5. The zero-order chi connectivity index (χ0) is 27.2. The minimum atomic E-state index is -0.377. The van der Waals surface area contributed by atoms with Crippen molar-refractivity contribution in [1.29, 1.82) is 0 Å². The van der Waals surface area contributed by atoms with E-state index in [1.807, 2.05) is 31.3 Å². The zero-order valence-electron chi connectivity index (χ0n) is 23.4. The number of nitrogens with one attached hydrogen (secondary N) is 2. The molecule has 5 rings (SSSR count). The highest BCUT2D eigenvalue weighted by Crippen LogP contribution is 2.31. The second kappa shape index (κ2) is 12.8. The van der Waals surface area contributed by atoms with Gasteiger partial charge in [0.05, 0.1) is 22.8 Å². The van der Waals surface area contributed by atoms with Crippen molar-refractivity contribution in [3.8, 4) is 0 Å². The van der Waals surface area contributed by atoms with E-state index in [-0.39, 0.29) is 17.3 Å². The Morgan fingerprint density at radius 2 is 1.79 bits per heavy atom. The van der Waals surface area contributed by atoms with Gasteiger partial charge in [-0.3, -0.25) is 19.5 Å². The number of carbonyl (C=O) groups is 2. The lowest BCUT2D eigenvalue weighted by Gasteiger charge is -2.42. The van der Waals surface area contributed by atoms with Crippen LogP contribution in [0.15, 0.2) is 48.2 Å². The monoisotopic (exact) mass is 530 g/mol. The van der Waals surface area contributed by atoms with Crippen LogP contribution in [0, 0.1) is 5.92 Å². The van der Waals surface area contributed by atoms with Crippen molar-refractivity contribution in [2.75, 3.05) is 38.0 Å². The van der Waals surface area contributed by atoms with Gasteiger partial charge in [-0.05, 0) is 82.1 Å². The van der Waals surface area contributed by atoms with Crippen molar-refractivity contribution in [2.45, 2.75) is 71.0 Å². The molecule has 0 spiro atoms. The van der Waals surface area contributed by atoms with Gasteiger partial charge in [-0.25, -0.2) is 4.98 Å². The molecule has 0 radical (unpaired) electrons. The summed E-state index contributed by atoms with van der Waals surface area (Å²) in [4.78, 5) is 39.2. The molecule has 2 aromatic rings. The van der Waals surface area contributed by atoms with Crippen molar-refractivity contribution in [3.05, 3.63) is 53.8 Å². The fraction of sp³-hybridized carbons (Fsp3) is 0.548. The molecule has 3 fully saturated rings. The Morgan fingerprint density at radius 3 is 2.49 bits per heavy atom. The van der Waals surface area contributed by atoms with Crippen LogP contribution in [0.4, 0.5) is 5.82 Å². The second-order valence-electron chi connectivity index (χ2n) is 11.4. The number of amides is 1. The van der Waals surface area contributed by atoms with Gasteiger partial charge in [-0.2, -0.15) is 0 Å². The van der Waals surface area contributed by atoms with Crippen LogP contribution < -0.4 is 10.6 Å². The SMILES string of the molecule is C/C=C\C=C(/C(C)=O)C(=O)NCc1ccc2ncc(NC3CCC(N4CCN(CC5CC5)CC4)CC3)nc2c1. The highest BCUT2D eigenvalue weighted by atomic mass is 16.2. The summed E-state index contributed by atoms with van der Waals surface area (Å²) in [6.07, 6.45) is 14.5. The van der Waals surface area contributed by atoms with E-state index in [4.69, 9.17) is 4.98 Å². The molecule has 0 unspecified atom stereocenters. The molecule has 2 N–H and O–H groups in total. The number of allylic oxidation sites excluding steroid dienone is 3. The number of fused-ring (bicyclic) bond motifs is 1. The van der Waals surface area contributed by atoms with Crippen LogP contribution in [-0.4, -0.2) is 76.3 Å². The Hall–Kier alpha value is -3.10. The lowest BCUT2D eigenvalue weighted by molar-refractivity contribution is -0.121. The lowest BCUT2D eigenvalue weighted by Crippen LogP contribution is -2.51. The van der Waals surface area contributed by atoms with Crippen molar-refractivity contribution < 1.29 is 9.59 Å². The molecule has 8 nitrogen and oxygen atoms in total. The number of nitrogens with zero attached hydrogens (tertiary/aromatic N) is 4. The normalized spacial score (nSPS) is 23.3. The van der Waals surface area contributed by atoms with E-state index in [9.17, 15) is 9.59 Å². The van der Waals surface area contributed by atoms with Crippen LogP contribution in [0.5, 0.6) is 0 Å². The molecule has 2 aliphatic carbocycles. The third-order valence-electron chi connectivity index (χ3n) is 8.32. The number of rotatable bonds is 10. The van der Waals surface area contributed by atoms with Crippen molar-refractivity contribution in [2.24, 2.45) is 5.92 Å². The summed E-state index contributed by atoms with van der Waals surface area (Å²) in [5.41, 5.74) is 2.66. The molecule has 1 aromatic heterocycles. The van der Waals surface area contributed by atoms with E-state index in [2.05, 4.69) is 25.4 Å². The van der Waals surface area contributed by atoms with Crippen LogP contribution >= 0.6 is 0 Å². The van der Waals surface area contributed by atoms with Crippen LogP contribution in [-0.2, 0) is 16.1 Å². The van der Waals surface area contributed by atoms with Crippen LogP contribution in [0.25, 0.3) is 11.0 Å². The minimum Gasteiger partial charge on any atom is -0.366 e. The van der Waals surface area contributed by atoms with Crippen molar-refractivity contribution >= 4 is 28.5 Å². The summed E-state index contributed by atoms with van der Waals surface area (Å²) in [5, 5.41) is 6.47. The summed E-state index contributed by atoms with van der Waals surface area (Å²) >= 11 is 0. The summed E-state index contributed by atoms with van der Waals surface area (Å²) in [6, 6.07) is 6.94. The van der Waals surface area contributed by atoms with E-state index in [0.29, 0.717) is 18.6 Å². The van der Waals surface area contributed by atoms with E-state index in [1.54, 1.807) is 18.2 Å². The molecule has 8 heteroatoms. The van der Waals surface area contributed by atoms with Gasteiger partial charge < -0.3 is 15.5 Å². The Labute approximate surface area is 231 Å². The van der Waals surface area contributed by atoms with Gasteiger partial charge in [0.2, 0.25) is 0 Å². The molecular weight excluding hydrogens is 488 g/mol. The van der Waals surface area contributed by atoms with Crippen LogP contribution in [0.3, 0.4) is 0 Å². The Kier molecular flexibility index (Phi) is 9.04. The molecule has 2 heterocycles. The quantitative estimate of drug-likeness (QED) is 0.207. The summed E-state index contributed by atoms with van der Waals surface area (Å²) in [5.74, 6) is 1.15. The van der Waals surface area contributed by atoms with E-state index < -0.39 is 0 Å². The second-order valence-corrected chi connectivity index (χ2v) is 11.4. The number of aromatic nitrogens is 2. The van der Waals surface area contributed by atoms with E-state index >= 15 is 0 Å². The van der Waals surface area contributed by atoms with E-state index in [1.165, 1.54) is 65.3 Å².